The SMILES string of the molecule is NCCNC(O)CCC1=CC=C(O)CC1. The molecule has 0 aromatic carbocycles. The van der Waals surface area contributed by atoms with Gasteiger partial charge in [-0.2, -0.15) is 0 Å². The van der Waals surface area contributed by atoms with Crippen molar-refractivity contribution in [2.24, 2.45) is 5.73 Å². The third-order valence-electron chi connectivity index (χ3n) is 2.48. The molecule has 1 aliphatic rings. The molecule has 4 heteroatoms. The Labute approximate surface area is 90.5 Å². The molecule has 1 atom stereocenters. The molecule has 0 saturated carbocycles. The molecule has 1 unspecified atom stereocenters. The van der Waals surface area contributed by atoms with Gasteiger partial charge in [0.05, 0.1) is 5.76 Å². The molecule has 0 saturated heterocycles. The zero-order chi connectivity index (χ0) is 11.1. The summed E-state index contributed by atoms with van der Waals surface area (Å²) in [7, 11) is 0. The minimum atomic E-state index is -0.478. The molecule has 0 spiro atoms. The Morgan fingerprint density at radius 2 is 2.20 bits per heavy atom. The molecule has 0 aliphatic heterocycles. The summed E-state index contributed by atoms with van der Waals surface area (Å²) in [6.07, 6.45) is 6.37. The molecule has 4 nitrogen and oxygen atoms in total. The third kappa shape index (κ3) is 4.97. The van der Waals surface area contributed by atoms with Crippen molar-refractivity contribution < 1.29 is 10.2 Å². The smallest absolute Gasteiger partial charge is 0.105 e. The maximum absolute atomic E-state index is 9.50. The second-order valence-corrected chi connectivity index (χ2v) is 3.78. The Hall–Kier alpha value is -0.840. The zero-order valence-corrected chi connectivity index (χ0v) is 8.95. The second kappa shape index (κ2) is 6.61. The average Bonchev–Trinajstić information content (AvgIpc) is 2.25. The summed E-state index contributed by atoms with van der Waals surface area (Å²) in [4.78, 5) is 0. The van der Waals surface area contributed by atoms with Crippen molar-refractivity contribution in [3.05, 3.63) is 23.5 Å². The van der Waals surface area contributed by atoms with Crippen LogP contribution in [0.25, 0.3) is 0 Å². The number of nitrogens with one attached hydrogen (secondary N) is 1. The van der Waals surface area contributed by atoms with Gasteiger partial charge in [-0.05, 0) is 25.3 Å². The van der Waals surface area contributed by atoms with Gasteiger partial charge in [0.2, 0.25) is 0 Å². The molecular weight excluding hydrogens is 192 g/mol. The summed E-state index contributed by atoms with van der Waals surface area (Å²) < 4.78 is 0. The van der Waals surface area contributed by atoms with Crippen molar-refractivity contribution in [1.82, 2.24) is 5.32 Å². The van der Waals surface area contributed by atoms with E-state index in [4.69, 9.17) is 10.8 Å². The molecule has 15 heavy (non-hydrogen) atoms. The van der Waals surface area contributed by atoms with E-state index in [0.717, 1.165) is 19.3 Å². The van der Waals surface area contributed by atoms with Gasteiger partial charge < -0.3 is 15.9 Å². The first kappa shape index (κ1) is 12.2. The fourth-order valence-electron chi connectivity index (χ4n) is 1.55. The summed E-state index contributed by atoms with van der Waals surface area (Å²) in [5, 5.41) is 21.6. The highest BCUT2D eigenvalue weighted by Gasteiger charge is 2.07. The van der Waals surface area contributed by atoms with E-state index in [2.05, 4.69) is 5.32 Å². The normalized spacial score (nSPS) is 18.3. The maximum Gasteiger partial charge on any atom is 0.105 e. The second-order valence-electron chi connectivity index (χ2n) is 3.78. The van der Waals surface area contributed by atoms with Gasteiger partial charge in [-0.15, -0.1) is 0 Å². The molecule has 0 bridgehead atoms. The minimum Gasteiger partial charge on any atom is -0.512 e. The van der Waals surface area contributed by atoms with E-state index in [1.807, 2.05) is 6.08 Å². The first-order valence-corrected chi connectivity index (χ1v) is 5.41. The first-order valence-electron chi connectivity index (χ1n) is 5.41. The number of rotatable bonds is 6. The van der Waals surface area contributed by atoms with Crippen LogP contribution >= 0.6 is 0 Å². The largest absolute Gasteiger partial charge is 0.512 e. The van der Waals surface area contributed by atoms with Crippen LogP contribution in [0.3, 0.4) is 0 Å². The molecule has 1 aliphatic carbocycles. The molecule has 86 valence electrons. The summed E-state index contributed by atoms with van der Waals surface area (Å²) >= 11 is 0. The van der Waals surface area contributed by atoms with Crippen molar-refractivity contribution >= 4 is 0 Å². The zero-order valence-electron chi connectivity index (χ0n) is 8.95. The van der Waals surface area contributed by atoms with E-state index in [9.17, 15) is 5.11 Å². The number of hydrogen-bond acceptors (Lipinski definition) is 4. The first-order chi connectivity index (χ1) is 7.22. The van der Waals surface area contributed by atoms with Crippen molar-refractivity contribution in [2.45, 2.75) is 31.9 Å². The summed E-state index contributed by atoms with van der Waals surface area (Å²) in [5.41, 5.74) is 6.59. The number of nitrogens with two attached hydrogens (primary N) is 1. The van der Waals surface area contributed by atoms with Crippen molar-refractivity contribution in [2.75, 3.05) is 13.1 Å². The summed E-state index contributed by atoms with van der Waals surface area (Å²) in [5.74, 6) is 0.445. The molecule has 1 rings (SSSR count). The predicted octanol–water partition coefficient (Wildman–Crippen LogP) is 0.795. The molecule has 5 N–H and O–H groups in total. The van der Waals surface area contributed by atoms with Crippen molar-refractivity contribution in [3.8, 4) is 0 Å². The third-order valence-corrected chi connectivity index (χ3v) is 2.48. The minimum absolute atomic E-state index is 0.445. The Morgan fingerprint density at radius 3 is 2.80 bits per heavy atom. The highest BCUT2D eigenvalue weighted by molar-refractivity contribution is 5.20. The van der Waals surface area contributed by atoms with Gasteiger partial charge in [-0.1, -0.05) is 11.6 Å². The van der Waals surface area contributed by atoms with Crippen LogP contribution in [0.5, 0.6) is 0 Å². The van der Waals surface area contributed by atoms with Gasteiger partial charge in [0.15, 0.2) is 0 Å². The lowest BCUT2D eigenvalue weighted by Gasteiger charge is -2.15. The fraction of sp³-hybridized carbons (Fsp3) is 0.636. The molecule has 0 aromatic heterocycles. The Balaban J connectivity index is 2.19. The van der Waals surface area contributed by atoms with E-state index in [-0.39, 0.29) is 0 Å². The Bertz CT molecular complexity index is 249. The van der Waals surface area contributed by atoms with E-state index in [1.165, 1.54) is 5.57 Å². The van der Waals surface area contributed by atoms with Crippen molar-refractivity contribution in [3.63, 3.8) is 0 Å². The Kier molecular flexibility index (Phi) is 5.39. The van der Waals surface area contributed by atoms with Crippen LogP contribution in [0.2, 0.25) is 0 Å². The average molecular weight is 212 g/mol. The van der Waals surface area contributed by atoms with E-state index in [1.54, 1.807) is 6.08 Å². The molecule has 0 amide bonds. The van der Waals surface area contributed by atoms with Crippen LogP contribution < -0.4 is 11.1 Å². The standard InChI is InChI=1S/C11H20N2O2/c12-7-8-13-11(15)6-3-9-1-4-10(14)5-2-9/h1,4,11,13-15H,2-3,5-8,12H2. The van der Waals surface area contributed by atoms with Crippen LogP contribution in [0.15, 0.2) is 23.5 Å². The van der Waals surface area contributed by atoms with Crippen LogP contribution in [0.1, 0.15) is 25.7 Å². The van der Waals surface area contributed by atoms with Crippen molar-refractivity contribution in [1.29, 1.82) is 0 Å². The maximum atomic E-state index is 9.50. The highest BCUT2D eigenvalue weighted by atomic mass is 16.3. The molecule has 0 heterocycles. The van der Waals surface area contributed by atoms with Crippen LogP contribution in [-0.2, 0) is 0 Å². The molecular formula is C11H20N2O2. The number of aliphatic hydroxyl groups is 2. The summed E-state index contributed by atoms with van der Waals surface area (Å²) in [6, 6.07) is 0. The van der Waals surface area contributed by atoms with Gasteiger partial charge >= 0.3 is 0 Å². The molecule has 0 aromatic rings. The fourth-order valence-corrected chi connectivity index (χ4v) is 1.55. The monoisotopic (exact) mass is 212 g/mol. The number of allylic oxidation sites excluding steroid dienone is 4. The lowest BCUT2D eigenvalue weighted by Crippen LogP contribution is -2.33. The van der Waals surface area contributed by atoms with E-state index < -0.39 is 6.23 Å². The number of aliphatic hydroxyl groups excluding tert-OH is 2. The lowest BCUT2D eigenvalue weighted by molar-refractivity contribution is 0.129. The van der Waals surface area contributed by atoms with Gasteiger partial charge in [0.25, 0.3) is 0 Å². The van der Waals surface area contributed by atoms with E-state index in [0.29, 0.717) is 25.3 Å². The van der Waals surface area contributed by atoms with Crippen LogP contribution in [0, 0.1) is 0 Å². The van der Waals surface area contributed by atoms with Gasteiger partial charge in [0.1, 0.15) is 6.23 Å². The van der Waals surface area contributed by atoms with Crippen LogP contribution in [0.4, 0.5) is 0 Å². The number of hydrogen-bond donors (Lipinski definition) is 4. The van der Waals surface area contributed by atoms with Gasteiger partial charge in [-0.25, -0.2) is 0 Å². The predicted molar refractivity (Wildman–Crippen MR) is 60.3 cm³/mol. The lowest BCUT2D eigenvalue weighted by atomic mass is 9.99. The quantitative estimate of drug-likeness (QED) is 0.491. The molecule has 0 radical (unpaired) electrons. The summed E-state index contributed by atoms with van der Waals surface area (Å²) in [6.45, 7) is 1.18. The Morgan fingerprint density at radius 1 is 1.40 bits per heavy atom. The van der Waals surface area contributed by atoms with Gasteiger partial charge in [0, 0.05) is 19.5 Å². The van der Waals surface area contributed by atoms with Gasteiger partial charge in [-0.3, -0.25) is 5.32 Å². The highest BCUT2D eigenvalue weighted by Crippen LogP contribution is 2.20. The van der Waals surface area contributed by atoms with Crippen LogP contribution in [-0.4, -0.2) is 29.5 Å². The van der Waals surface area contributed by atoms with E-state index >= 15 is 0 Å². The molecule has 0 fully saturated rings. The topological polar surface area (TPSA) is 78.5 Å².